The van der Waals surface area contributed by atoms with Gasteiger partial charge in [-0.2, -0.15) is 0 Å². The molecule has 2 rings (SSSR count). The van der Waals surface area contributed by atoms with Gasteiger partial charge in [0.1, 0.15) is 6.61 Å². The van der Waals surface area contributed by atoms with Gasteiger partial charge in [-0.05, 0) is 30.7 Å². The minimum absolute atomic E-state index is 0.279. The first-order chi connectivity index (χ1) is 9.18. The van der Waals surface area contributed by atoms with Crippen molar-refractivity contribution in [2.24, 2.45) is 0 Å². The number of hydrogen-bond acceptors (Lipinski definition) is 2. The van der Waals surface area contributed by atoms with Crippen LogP contribution >= 0.6 is 11.6 Å². The lowest BCUT2D eigenvalue weighted by Gasteiger charge is -2.10. The van der Waals surface area contributed by atoms with Crippen molar-refractivity contribution >= 4 is 17.3 Å². The maximum absolute atomic E-state index is 13.6. The minimum atomic E-state index is -0.305. The number of aryl methyl sites for hydroxylation is 1. The quantitative estimate of drug-likeness (QED) is 0.825. The third kappa shape index (κ3) is 3.61. The molecule has 0 aromatic heterocycles. The van der Waals surface area contributed by atoms with Gasteiger partial charge in [0.2, 0.25) is 0 Å². The molecule has 0 radical (unpaired) electrons. The fourth-order valence-corrected chi connectivity index (χ4v) is 1.89. The molecule has 0 spiro atoms. The van der Waals surface area contributed by atoms with Crippen LogP contribution in [0.1, 0.15) is 5.56 Å². The highest BCUT2D eigenvalue weighted by Crippen LogP contribution is 2.21. The Morgan fingerprint density at radius 1 is 1.16 bits per heavy atom. The van der Waals surface area contributed by atoms with Crippen LogP contribution in [0.25, 0.3) is 0 Å². The molecule has 0 amide bonds. The number of hydrogen-bond donors (Lipinski definition) is 1. The smallest absolute Gasteiger partial charge is 0.167 e. The number of benzene rings is 2. The molecule has 0 heterocycles. The van der Waals surface area contributed by atoms with Crippen molar-refractivity contribution in [1.29, 1.82) is 0 Å². The Morgan fingerprint density at radius 3 is 2.74 bits per heavy atom. The van der Waals surface area contributed by atoms with Gasteiger partial charge >= 0.3 is 0 Å². The zero-order valence-corrected chi connectivity index (χ0v) is 11.4. The maximum atomic E-state index is 13.6. The summed E-state index contributed by atoms with van der Waals surface area (Å²) in [6.45, 7) is 2.63. The number of ether oxygens (including phenoxy) is 1. The second-order valence-electron chi connectivity index (χ2n) is 4.14. The van der Waals surface area contributed by atoms with Crippen LogP contribution in [0, 0.1) is 12.7 Å². The number of halogens is 2. The van der Waals surface area contributed by atoms with Gasteiger partial charge in [-0.15, -0.1) is 0 Å². The highest BCUT2D eigenvalue weighted by Gasteiger charge is 2.05. The van der Waals surface area contributed by atoms with Crippen LogP contribution in [-0.2, 0) is 0 Å². The lowest BCUT2D eigenvalue weighted by molar-refractivity contribution is 0.314. The van der Waals surface area contributed by atoms with Crippen molar-refractivity contribution < 1.29 is 9.13 Å². The van der Waals surface area contributed by atoms with Crippen LogP contribution in [0.5, 0.6) is 5.75 Å². The molecule has 0 saturated heterocycles. The van der Waals surface area contributed by atoms with Crippen LogP contribution in [0.4, 0.5) is 10.1 Å². The molecule has 1 N–H and O–H groups in total. The van der Waals surface area contributed by atoms with Crippen molar-refractivity contribution in [2.45, 2.75) is 6.92 Å². The van der Waals surface area contributed by atoms with Gasteiger partial charge in [-0.3, -0.25) is 0 Å². The number of anilines is 1. The highest BCUT2D eigenvalue weighted by atomic mass is 35.5. The number of rotatable bonds is 5. The summed E-state index contributed by atoms with van der Waals surface area (Å²) in [6, 6.07) is 12.6. The Labute approximate surface area is 117 Å². The van der Waals surface area contributed by atoms with Crippen molar-refractivity contribution in [3.05, 3.63) is 58.9 Å². The summed E-state index contributed by atoms with van der Waals surface area (Å²) < 4.78 is 19.0. The van der Waals surface area contributed by atoms with E-state index in [0.717, 1.165) is 5.69 Å². The summed E-state index contributed by atoms with van der Waals surface area (Å²) in [6.07, 6.45) is 0. The average molecular weight is 280 g/mol. The van der Waals surface area contributed by atoms with E-state index in [9.17, 15) is 4.39 Å². The molecule has 2 aromatic rings. The van der Waals surface area contributed by atoms with Crippen molar-refractivity contribution in [3.63, 3.8) is 0 Å². The summed E-state index contributed by atoms with van der Waals surface area (Å²) in [5.41, 5.74) is 1.43. The minimum Gasteiger partial charge on any atom is -0.489 e. The van der Waals surface area contributed by atoms with E-state index in [4.69, 9.17) is 16.3 Å². The second-order valence-corrected chi connectivity index (χ2v) is 4.55. The van der Waals surface area contributed by atoms with Crippen molar-refractivity contribution in [1.82, 2.24) is 0 Å². The first-order valence-electron chi connectivity index (χ1n) is 6.05. The lowest BCUT2D eigenvalue weighted by Crippen LogP contribution is -2.12. The van der Waals surface area contributed by atoms with Crippen molar-refractivity contribution in [3.8, 4) is 5.75 Å². The predicted molar refractivity (Wildman–Crippen MR) is 76.6 cm³/mol. The standard InChI is InChI=1S/C15H15ClFNO/c1-11-5-4-8-14(15(11)17)19-10-9-18-13-7-3-2-6-12(13)16/h2-8,18H,9-10H2,1H3. The van der Waals surface area contributed by atoms with Gasteiger partial charge in [0.15, 0.2) is 11.6 Å². The molecule has 4 heteroatoms. The maximum Gasteiger partial charge on any atom is 0.167 e. The van der Waals surface area contributed by atoms with E-state index in [1.165, 1.54) is 0 Å². The normalized spacial score (nSPS) is 10.3. The second kappa shape index (κ2) is 6.43. The molecule has 0 atom stereocenters. The fraction of sp³-hybridized carbons (Fsp3) is 0.200. The molecular formula is C15H15ClFNO. The zero-order chi connectivity index (χ0) is 13.7. The summed E-state index contributed by atoms with van der Waals surface area (Å²) in [5, 5.41) is 3.79. The van der Waals surface area contributed by atoms with Crippen molar-refractivity contribution in [2.75, 3.05) is 18.5 Å². The van der Waals surface area contributed by atoms with Gasteiger partial charge in [0.05, 0.1) is 10.7 Å². The van der Waals surface area contributed by atoms with Crippen LogP contribution in [-0.4, -0.2) is 13.2 Å². The van der Waals surface area contributed by atoms with E-state index in [2.05, 4.69) is 5.32 Å². The summed E-state index contributed by atoms with van der Waals surface area (Å²) in [4.78, 5) is 0. The van der Waals surface area contributed by atoms with Gasteiger partial charge in [-0.1, -0.05) is 35.9 Å². The Morgan fingerprint density at radius 2 is 1.95 bits per heavy atom. The van der Waals surface area contributed by atoms with Crippen LogP contribution in [0.2, 0.25) is 5.02 Å². The average Bonchev–Trinajstić information content (AvgIpc) is 2.41. The zero-order valence-electron chi connectivity index (χ0n) is 10.6. The van der Waals surface area contributed by atoms with E-state index in [-0.39, 0.29) is 11.6 Å². The third-order valence-corrected chi connectivity index (χ3v) is 3.03. The molecule has 0 bridgehead atoms. The van der Waals surface area contributed by atoms with Gasteiger partial charge in [-0.25, -0.2) is 4.39 Å². The molecule has 100 valence electrons. The summed E-state index contributed by atoms with van der Waals surface area (Å²) in [7, 11) is 0. The number of para-hydroxylation sites is 1. The fourth-order valence-electron chi connectivity index (χ4n) is 1.68. The largest absolute Gasteiger partial charge is 0.489 e. The topological polar surface area (TPSA) is 21.3 Å². The molecular weight excluding hydrogens is 265 g/mol. The van der Waals surface area contributed by atoms with Gasteiger partial charge in [0, 0.05) is 6.54 Å². The monoisotopic (exact) mass is 279 g/mol. The van der Waals surface area contributed by atoms with E-state index in [1.54, 1.807) is 25.1 Å². The SMILES string of the molecule is Cc1cccc(OCCNc2ccccc2Cl)c1F. The van der Waals surface area contributed by atoms with Gasteiger partial charge < -0.3 is 10.1 Å². The third-order valence-electron chi connectivity index (χ3n) is 2.71. The van der Waals surface area contributed by atoms with Crippen LogP contribution in [0.3, 0.4) is 0 Å². The van der Waals surface area contributed by atoms with Gasteiger partial charge in [0.25, 0.3) is 0 Å². The lowest BCUT2D eigenvalue weighted by atomic mass is 10.2. The van der Waals surface area contributed by atoms with E-state index in [1.807, 2.05) is 24.3 Å². The summed E-state index contributed by atoms with van der Waals surface area (Å²) in [5.74, 6) is -0.0267. The molecule has 2 nitrogen and oxygen atoms in total. The van der Waals surface area contributed by atoms with Crippen LogP contribution in [0.15, 0.2) is 42.5 Å². The Hall–Kier alpha value is -1.74. The Balaban J connectivity index is 1.84. The molecule has 0 fully saturated rings. The molecule has 0 aliphatic rings. The van der Waals surface area contributed by atoms with E-state index >= 15 is 0 Å². The predicted octanol–water partition coefficient (Wildman–Crippen LogP) is 4.28. The number of nitrogens with one attached hydrogen (secondary N) is 1. The van der Waals surface area contributed by atoms with Crippen LogP contribution < -0.4 is 10.1 Å². The first-order valence-corrected chi connectivity index (χ1v) is 6.42. The molecule has 0 aliphatic heterocycles. The van der Waals surface area contributed by atoms with E-state index < -0.39 is 0 Å². The molecule has 19 heavy (non-hydrogen) atoms. The first kappa shape index (κ1) is 13.7. The molecule has 2 aromatic carbocycles. The highest BCUT2D eigenvalue weighted by molar-refractivity contribution is 6.33. The Kier molecular flexibility index (Phi) is 4.63. The summed E-state index contributed by atoms with van der Waals surface area (Å²) >= 11 is 6.00. The molecule has 0 unspecified atom stereocenters. The molecule has 0 saturated carbocycles. The van der Waals surface area contributed by atoms with E-state index in [0.29, 0.717) is 23.7 Å². The molecule has 0 aliphatic carbocycles. The Bertz CT molecular complexity index is 560.